The van der Waals surface area contributed by atoms with E-state index in [4.69, 9.17) is 0 Å². The third-order valence-electron chi connectivity index (χ3n) is 3.27. The van der Waals surface area contributed by atoms with Crippen LogP contribution in [0.1, 0.15) is 30.9 Å². The lowest BCUT2D eigenvalue weighted by Gasteiger charge is -2.13. The molecule has 0 heterocycles. The van der Waals surface area contributed by atoms with Crippen LogP contribution in [-0.4, -0.2) is 11.7 Å². The molecule has 2 aromatic rings. The second kappa shape index (κ2) is 7.99. The molecule has 2 aromatic carbocycles. The molecule has 1 amide bonds. The number of amides is 1. The molecule has 2 rings (SSSR count). The molecule has 0 radical (unpaired) electrons. The molecule has 0 spiro atoms. The van der Waals surface area contributed by atoms with E-state index >= 15 is 0 Å². The summed E-state index contributed by atoms with van der Waals surface area (Å²) in [5, 5.41) is 2.97. The highest BCUT2D eigenvalue weighted by Gasteiger charge is 2.09. The molecular formula is C18H20FNOS. The lowest BCUT2D eigenvalue weighted by atomic mass is 10.0. The second-order valence-corrected chi connectivity index (χ2v) is 6.39. The van der Waals surface area contributed by atoms with E-state index in [0.29, 0.717) is 17.4 Å². The quantitative estimate of drug-likeness (QED) is 0.827. The van der Waals surface area contributed by atoms with Gasteiger partial charge in [-0.05, 0) is 35.2 Å². The van der Waals surface area contributed by atoms with Gasteiger partial charge in [0.2, 0.25) is 5.91 Å². The first kappa shape index (κ1) is 16.6. The number of rotatable bonds is 6. The molecule has 0 unspecified atom stereocenters. The monoisotopic (exact) mass is 317 g/mol. The van der Waals surface area contributed by atoms with Crippen LogP contribution in [0, 0.1) is 5.82 Å². The minimum absolute atomic E-state index is 0.0137. The third-order valence-corrected chi connectivity index (χ3v) is 4.28. The normalized spacial score (nSPS) is 10.7. The summed E-state index contributed by atoms with van der Waals surface area (Å²) in [6.07, 6.45) is 0. The molecule has 0 aliphatic heterocycles. The molecule has 0 fully saturated rings. The van der Waals surface area contributed by atoms with E-state index in [-0.39, 0.29) is 11.7 Å². The number of benzene rings is 2. The van der Waals surface area contributed by atoms with E-state index in [1.54, 1.807) is 12.1 Å². The highest BCUT2D eigenvalue weighted by atomic mass is 32.2. The Morgan fingerprint density at radius 3 is 2.50 bits per heavy atom. The Kier molecular flexibility index (Phi) is 6.01. The number of carbonyl (C=O) groups is 1. The molecular weight excluding hydrogens is 297 g/mol. The summed E-state index contributed by atoms with van der Waals surface area (Å²) in [5.41, 5.74) is 3.03. The molecule has 0 bridgehead atoms. The van der Waals surface area contributed by atoms with Gasteiger partial charge < -0.3 is 5.32 Å². The Balaban J connectivity index is 1.84. The summed E-state index contributed by atoms with van der Waals surface area (Å²) in [4.78, 5) is 12.0. The largest absolute Gasteiger partial charge is 0.325 e. The van der Waals surface area contributed by atoms with Crippen molar-refractivity contribution in [3.63, 3.8) is 0 Å². The highest BCUT2D eigenvalue weighted by Crippen LogP contribution is 2.24. The molecule has 4 heteroatoms. The first-order valence-electron chi connectivity index (χ1n) is 7.27. The Labute approximate surface area is 135 Å². The lowest BCUT2D eigenvalue weighted by molar-refractivity contribution is -0.113. The van der Waals surface area contributed by atoms with E-state index in [1.165, 1.54) is 23.9 Å². The summed E-state index contributed by atoms with van der Waals surface area (Å²) >= 11 is 1.52. The number of thioether (sulfide) groups is 1. The SMILES string of the molecule is CC(C)c1ccccc1NC(=O)CSCc1ccc(F)cc1. The van der Waals surface area contributed by atoms with E-state index < -0.39 is 0 Å². The van der Waals surface area contributed by atoms with Crippen molar-refractivity contribution < 1.29 is 9.18 Å². The average Bonchev–Trinajstić information content (AvgIpc) is 2.49. The van der Waals surface area contributed by atoms with Gasteiger partial charge in [-0.3, -0.25) is 4.79 Å². The van der Waals surface area contributed by atoms with Crippen LogP contribution in [0.15, 0.2) is 48.5 Å². The Bertz CT molecular complexity index is 625. The number of para-hydroxylation sites is 1. The summed E-state index contributed by atoms with van der Waals surface area (Å²) < 4.78 is 12.8. The van der Waals surface area contributed by atoms with E-state index in [1.807, 2.05) is 24.3 Å². The molecule has 0 atom stereocenters. The number of carbonyl (C=O) groups excluding carboxylic acids is 1. The van der Waals surface area contributed by atoms with E-state index in [2.05, 4.69) is 19.2 Å². The van der Waals surface area contributed by atoms with Crippen LogP contribution in [0.5, 0.6) is 0 Å². The summed E-state index contributed by atoms with van der Waals surface area (Å²) in [6, 6.07) is 14.2. The zero-order valence-electron chi connectivity index (χ0n) is 12.8. The standard InChI is InChI=1S/C18H20FNOS/c1-13(2)16-5-3-4-6-17(16)20-18(21)12-22-11-14-7-9-15(19)10-8-14/h3-10,13H,11-12H2,1-2H3,(H,20,21). The van der Waals surface area contributed by atoms with Gasteiger partial charge in [-0.25, -0.2) is 4.39 Å². The maximum atomic E-state index is 12.8. The maximum absolute atomic E-state index is 12.8. The zero-order valence-corrected chi connectivity index (χ0v) is 13.6. The molecule has 0 aromatic heterocycles. The van der Waals surface area contributed by atoms with Crippen molar-refractivity contribution in [2.75, 3.05) is 11.1 Å². The number of halogens is 1. The van der Waals surface area contributed by atoms with Crippen molar-refractivity contribution in [1.82, 2.24) is 0 Å². The number of hydrogen-bond acceptors (Lipinski definition) is 2. The van der Waals surface area contributed by atoms with Gasteiger partial charge in [0.05, 0.1) is 5.75 Å². The van der Waals surface area contributed by atoms with Crippen LogP contribution in [0.4, 0.5) is 10.1 Å². The molecule has 0 saturated heterocycles. The van der Waals surface area contributed by atoms with Gasteiger partial charge in [-0.1, -0.05) is 44.2 Å². The maximum Gasteiger partial charge on any atom is 0.234 e. The van der Waals surface area contributed by atoms with Crippen molar-refractivity contribution in [1.29, 1.82) is 0 Å². The minimum atomic E-state index is -0.239. The number of anilines is 1. The Hall–Kier alpha value is -1.81. The first-order chi connectivity index (χ1) is 10.6. The van der Waals surface area contributed by atoms with Gasteiger partial charge >= 0.3 is 0 Å². The lowest BCUT2D eigenvalue weighted by Crippen LogP contribution is -2.15. The molecule has 0 saturated carbocycles. The van der Waals surface area contributed by atoms with Gasteiger partial charge in [0, 0.05) is 11.4 Å². The summed E-state index contributed by atoms with van der Waals surface area (Å²) in [6.45, 7) is 4.21. The van der Waals surface area contributed by atoms with Crippen molar-refractivity contribution in [2.24, 2.45) is 0 Å². The zero-order chi connectivity index (χ0) is 15.9. The fraction of sp³-hybridized carbons (Fsp3) is 0.278. The van der Waals surface area contributed by atoms with Gasteiger partial charge in [-0.2, -0.15) is 0 Å². The fourth-order valence-corrected chi connectivity index (χ4v) is 2.93. The van der Waals surface area contributed by atoms with Crippen LogP contribution in [0.3, 0.4) is 0 Å². The van der Waals surface area contributed by atoms with Crippen molar-refractivity contribution in [2.45, 2.75) is 25.5 Å². The van der Waals surface area contributed by atoms with Gasteiger partial charge in [0.25, 0.3) is 0 Å². The molecule has 0 aliphatic rings. The minimum Gasteiger partial charge on any atom is -0.325 e. The van der Waals surface area contributed by atoms with Gasteiger partial charge in [0.15, 0.2) is 0 Å². The number of hydrogen-bond donors (Lipinski definition) is 1. The summed E-state index contributed by atoms with van der Waals surface area (Å²) in [7, 11) is 0. The van der Waals surface area contributed by atoms with Gasteiger partial charge in [-0.15, -0.1) is 11.8 Å². The topological polar surface area (TPSA) is 29.1 Å². The van der Waals surface area contributed by atoms with Crippen LogP contribution in [-0.2, 0) is 10.5 Å². The fourth-order valence-electron chi connectivity index (χ4n) is 2.14. The van der Waals surface area contributed by atoms with E-state index in [0.717, 1.165) is 16.8 Å². The van der Waals surface area contributed by atoms with Crippen LogP contribution in [0.25, 0.3) is 0 Å². The highest BCUT2D eigenvalue weighted by molar-refractivity contribution is 7.99. The summed E-state index contributed by atoms with van der Waals surface area (Å²) in [5.74, 6) is 1.18. The Morgan fingerprint density at radius 1 is 1.14 bits per heavy atom. The van der Waals surface area contributed by atoms with Crippen molar-refractivity contribution in [3.05, 3.63) is 65.5 Å². The molecule has 0 aliphatic carbocycles. The first-order valence-corrected chi connectivity index (χ1v) is 8.42. The molecule has 2 nitrogen and oxygen atoms in total. The number of nitrogens with one attached hydrogen (secondary N) is 1. The second-order valence-electron chi connectivity index (χ2n) is 5.41. The van der Waals surface area contributed by atoms with Crippen molar-refractivity contribution >= 4 is 23.4 Å². The predicted molar refractivity (Wildman–Crippen MR) is 91.7 cm³/mol. The Morgan fingerprint density at radius 2 is 1.82 bits per heavy atom. The molecule has 116 valence electrons. The van der Waals surface area contributed by atoms with E-state index in [9.17, 15) is 9.18 Å². The van der Waals surface area contributed by atoms with Crippen LogP contribution in [0.2, 0.25) is 0 Å². The average molecular weight is 317 g/mol. The van der Waals surface area contributed by atoms with Crippen molar-refractivity contribution in [3.8, 4) is 0 Å². The predicted octanol–water partition coefficient (Wildman–Crippen LogP) is 4.82. The van der Waals surface area contributed by atoms with Crippen LogP contribution < -0.4 is 5.32 Å². The van der Waals surface area contributed by atoms with Gasteiger partial charge in [0.1, 0.15) is 5.82 Å². The molecule has 22 heavy (non-hydrogen) atoms. The smallest absolute Gasteiger partial charge is 0.234 e. The van der Waals surface area contributed by atoms with Crippen LogP contribution >= 0.6 is 11.8 Å². The molecule has 1 N–H and O–H groups in total. The third kappa shape index (κ3) is 4.88.